The van der Waals surface area contributed by atoms with Crippen LogP contribution in [0.25, 0.3) is 0 Å². The molecule has 4 rings (SSSR count). The maximum atomic E-state index is 12.7. The van der Waals surface area contributed by atoms with Gasteiger partial charge in [0, 0.05) is 31.1 Å². The fourth-order valence-corrected chi connectivity index (χ4v) is 5.92. The van der Waals surface area contributed by atoms with E-state index >= 15 is 0 Å². The first-order valence-corrected chi connectivity index (χ1v) is 12.1. The van der Waals surface area contributed by atoms with Gasteiger partial charge in [0.2, 0.25) is 0 Å². The van der Waals surface area contributed by atoms with Crippen molar-refractivity contribution in [2.75, 3.05) is 50.1 Å². The third-order valence-corrected chi connectivity index (χ3v) is 7.43. The monoisotopic (exact) mass is 459 g/mol. The smallest absolute Gasteiger partial charge is 0.341 e. The molecule has 2 aromatic rings. The average molecular weight is 460 g/mol. The second-order valence-electron chi connectivity index (χ2n) is 7.71. The molecule has 2 aliphatic rings. The van der Waals surface area contributed by atoms with Crippen LogP contribution in [0.4, 0.5) is 10.7 Å². The molecule has 0 amide bonds. The van der Waals surface area contributed by atoms with E-state index in [1.807, 2.05) is 25.1 Å². The Bertz CT molecular complexity index is 952. The Kier molecular flexibility index (Phi) is 6.97. The van der Waals surface area contributed by atoms with E-state index in [1.54, 1.807) is 18.4 Å². The summed E-state index contributed by atoms with van der Waals surface area (Å²) in [6.45, 7) is 5.54. The van der Waals surface area contributed by atoms with E-state index in [4.69, 9.17) is 21.7 Å². The lowest BCUT2D eigenvalue weighted by Crippen LogP contribution is -2.50. The van der Waals surface area contributed by atoms with E-state index in [0.29, 0.717) is 17.3 Å². The van der Waals surface area contributed by atoms with Gasteiger partial charge in [-0.1, -0.05) is 12.1 Å². The molecule has 0 spiro atoms. The third kappa shape index (κ3) is 4.65. The number of methoxy groups -OCH3 is 1. The molecule has 1 aromatic carbocycles. The van der Waals surface area contributed by atoms with Crippen LogP contribution in [0, 0.1) is 0 Å². The number of rotatable bonds is 5. The number of aryl methyl sites for hydroxylation is 1. The van der Waals surface area contributed by atoms with E-state index in [9.17, 15) is 4.79 Å². The van der Waals surface area contributed by atoms with Crippen molar-refractivity contribution in [1.82, 2.24) is 4.90 Å². The zero-order valence-electron chi connectivity index (χ0n) is 18.1. The lowest BCUT2D eigenvalue weighted by Gasteiger charge is -2.37. The van der Waals surface area contributed by atoms with Gasteiger partial charge in [0.25, 0.3) is 0 Å². The van der Waals surface area contributed by atoms with Gasteiger partial charge in [-0.25, -0.2) is 4.79 Å². The predicted molar refractivity (Wildman–Crippen MR) is 130 cm³/mol. The quantitative estimate of drug-likeness (QED) is 0.528. The molecule has 0 bridgehead atoms. The minimum Gasteiger partial charge on any atom is -0.495 e. The topological polar surface area (TPSA) is 54.0 Å². The molecule has 1 N–H and O–H groups in total. The van der Waals surface area contributed by atoms with E-state index in [0.717, 1.165) is 67.4 Å². The Hall–Kier alpha value is -2.32. The summed E-state index contributed by atoms with van der Waals surface area (Å²) in [5.74, 6) is 0.646. The second-order valence-corrected chi connectivity index (χ2v) is 9.20. The number of benzene rings is 1. The zero-order valence-corrected chi connectivity index (χ0v) is 19.7. The second kappa shape index (κ2) is 9.87. The summed E-state index contributed by atoms with van der Waals surface area (Å²) in [5, 5.41) is 4.89. The van der Waals surface area contributed by atoms with Crippen molar-refractivity contribution in [3.8, 4) is 5.75 Å². The van der Waals surface area contributed by atoms with E-state index in [2.05, 4.69) is 21.2 Å². The number of carbonyl (C=O) groups excluding carboxylic acids is 1. The Labute approximate surface area is 193 Å². The van der Waals surface area contributed by atoms with Crippen LogP contribution in [0.2, 0.25) is 0 Å². The Morgan fingerprint density at radius 3 is 2.65 bits per heavy atom. The van der Waals surface area contributed by atoms with Gasteiger partial charge < -0.3 is 24.6 Å². The van der Waals surface area contributed by atoms with Crippen molar-refractivity contribution in [3.05, 3.63) is 40.3 Å². The summed E-state index contributed by atoms with van der Waals surface area (Å²) < 4.78 is 10.9. The van der Waals surface area contributed by atoms with Crippen LogP contribution < -0.4 is 15.0 Å². The third-order valence-electron chi connectivity index (χ3n) is 5.86. The van der Waals surface area contributed by atoms with Gasteiger partial charge in [-0.15, -0.1) is 11.3 Å². The SMILES string of the molecule is CCOC(=O)c1c(NC(=S)N2CCN(c3ccccc3OC)CC2)sc2c1CCCC2. The number of hydrogen-bond acceptors (Lipinski definition) is 6. The fourth-order valence-electron chi connectivity index (χ4n) is 4.29. The lowest BCUT2D eigenvalue weighted by molar-refractivity contribution is 0.0526. The molecule has 6 nitrogen and oxygen atoms in total. The molecule has 0 unspecified atom stereocenters. The molecule has 0 atom stereocenters. The van der Waals surface area contributed by atoms with Gasteiger partial charge in [-0.3, -0.25) is 0 Å². The number of anilines is 2. The molecule has 1 aliphatic carbocycles. The highest BCUT2D eigenvalue weighted by atomic mass is 32.1. The van der Waals surface area contributed by atoms with Gasteiger partial charge in [-0.05, 0) is 62.5 Å². The highest BCUT2D eigenvalue weighted by Crippen LogP contribution is 2.39. The molecular weight excluding hydrogens is 430 g/mol. The first-order chi connectivity index (χ1) is 15.1. The molecule has 31 heavy (non-hydrogen) atoms. The van der Waals surface area contributed by atoms with Crippen molar-refractivity contribution >= 4 is 45.3 Å². The highest BCUT2D eigenvalue weighted by Gasteiger charge is 2.28. The zero-order chi connectivity index (χ0) is 21.8. The van der Waals surface area contributed by atoms with E-state index in [1.165, 1.54) is 11.3 Å². The van der Waals surface area contributed by atoms with Crippen molar-refractivity contribution in [2.45, 2.75) is 32.6 Å². The number of thiocarbonyl (C=S) groups is 1. The van der Waals surface area contributed by atoms with Crippen LogP contribution in [0.1, 0.15) is 40.6 Å². The molecule has 1 saturated heterocycles. The van der Waals surface area contributed by atoms with Crippen molar-refractivity contribution in [3.63, 3.8) is 0 Å². The maximum Gasteiger partial charge on any atom is 0.341 e. The van der Waals surface area contributed by atoms with Crippen molar-refractivity contribution < 1.29 is 14.3 Å². The number of fused-ring (bicyclic) bond motifs is 1. The lowest BCUT2D eigenvalue weighted by atomic mass is 9.95. The summed E-state index contributed by atoms with van der Waals surface area (Å²) >= 11 is 7.40. The Balaban J connectivity index is 1.45. The van der Waals surface area contributed by atoms with Gasteiger partial charge in [0.15, 0.2) is 5.11 Å². The number of nitrogens with zero attached hydrogens (tertiary/aromatic N) is 2. The van der Waals surface area contributed by atoms with E-state index < -0.39 is 0 Å². The van der Waals surface area contributed by atoms with E-state index in [-0.39, 0.29) is 5.97 Å². The molecule has 166 valence electrons. The molecular formula is C23H29N3O3S2. The standard InChI is InChI=1S/C23H29N3O3S2/c1-3-29-22(27)20-16-8-4-7-11-19(16)31-21(20)24-23(30)26-14-12-25(13-15-26)17-9-5-6-10-18(17)28-2/h5-6,9-10H,3-4,7-8,11-15H2,1-2H3,(H,24,30). The van der Waals surface area contributed by atoms with Crippen LogP contribution in [0.3, 0.4) is 0 Å². The molecule has 2 heterocycles. The largest absolute Gasteiger partial charge is 0.495 e. The number of para-hydroxylation sites is 2. The molecule has 0 saturated carbocycles. The molecule has 0 radical (unpaired) electrons. The number of hydrogen-bond donors (Lipinski definition) is 1. The molecule has 8 heteroatoms. The molecule has 1 aromatic heterocycles. The molecule has 1 fully saturated rings. The number of ether oxygens (including phenoxy) is 2. The maximum absolute atomic E-state index is 12.7. The molecule has 1 aliphatic heterocycles. The first-order valence-electron chi connectivity index (χ1n) is 10.9. The van der Waals surface area contributed by atoms with Crippen LogP contribution in [0.5, 0.6) is 5.75 Å². The summed E-state index contributed by atoms with van der Waals surface area (Å²) in [5.41, 5.74) is 2.96. The highest BCUT2D eigenvalue weighted by molar-refractivity contribution is 7.80. The van der Waals surface area contributed by atoms with Crippen LogP contribution in [0.15, 0.2) is 24.3 Å². The Morgan fingerprint density at radius 2 is 1.90 bits per heavy atom. The van der Waals surface area contributed by atoms with Gasteiger partial charge >= 0.3 is 5.97 Å². The number of esters is 1. The van der Waals surface area contributed by atoms with Crippen LogP contribution >= 0.6 is 23.6 Å². The summed E-state index contributed by atoms with van der Waals surface area (Å²) in [4.78, 5) is 18.5. The van der Waals surface area contributed by atoms with Crippen LogP contribution in [-0.4, -0.2) is 55.9 Å². The normalized spacial score (nSPS) is 15.9. The Morgan fingerprint density at radius 1 is 1.16 bits per heavy atom. The van der Waals surface area contributed by atoms with Crippen molar-refractivity contribution in [2.24, 2.45) is 0 Å². The van der Waals surface area contributed by atoms with Gasteiger partial charge in [-0.2, -0.15) is 0 Å². The number of nitrogens with one attached hydrogen (secondary N) is 1. The van der Waals surface area contributed by atoms with Gasteiger partial charge in [0.1, 0.15) is 10.8 Å². The van der Waals surface area contributed by atoms with Crippen LogP contribution in [-0.2, 0) is 17.6 Å². The number of piperazine rings is 1. The number of thiophene rings is 1. The van der Waals surface area contributed by atoms with Crippen molar-refractivity contribution in [1.29, 1.82) is 0 Å². The minimum absolute atomic E-state index is 0.242. The predicted octanol–water partition coefficient (Wildman–Crippen LogP) is 4.33. The average Bonchev–Trinajstić information content (AvgIpc) is 3.17. The summed E-state index contributed by atoms with van der Waals surface area (Å²) in [6.07, 6.45) is 4.25. The summed E-state index contributed by atoms with van der Waals surface area (Å²) in [7, 11) is 1.70. The fraction of sp³-hybridized carbons (Fsp3) is 0.478. The number of carbonyl (C=O) groups is 1. The summed E-state index contributed by atoms with van der Waals surface area (Å²) in [6, 6.07) is 8.10. The minimum atomic E-state index is -0.242. The van der Waals surface area contributed by atoms with Gasteiger partial charge in [0.05, 0.1) is 25.0 Å². The first kappa shape index (κ1) is 21.9.